The largest absolute Gasteiger partial charge is 0.453 e. The van der Waals surface area contributed by atoms with Crippen LogP contribution in [0.2, 0.25) is 0 Å². The van der Waals surface area contributed by atoms with Crippen molar-refractivity contribution in [1.82, 2.24) is 25.3 Å². The molecule has 4 atom stereocenters. The first kappa shape index (κ1) is 32.5. The predicted molar refractivity (Wildman–Crippen MR) is 167 cm³/mol. The van der Waals surface area contributed by atoms with Crippen molar-refractivity contribution < 1.29 is 29.0 Å². The lowest BCUT2D eigenvalue weighted by Crippen LogP contribution is -2.54. The van der Waals surface area contributed by atoms with Gasteiger partial charge < -0.3 is 30.7 Å². The van der Waals surface area contributed by atoms with Crippen molar-refractivity contribution in [1.29, 1.82) is 0 Å². The minimum atomic E-state index is -1.11. The van der Waals surface area contributed by atoms with E-state index in [9.17, 15) is 24.3 Å². The Hall–Kier alpha value is -3.93. The maximum atomic E-state index is 14.2. The summed E-state index contributed by atoms with van der Waals surface area (Å²) < 4.78 is 6.44. The fraction of sp³-hybridized carbons (Fsp3) is 0.606. The highest BCUT2D eigenvalue weighted by Crippen LogP contribution is 2.58. The first-order valence-corrected chi connectivity index (χ1v) is 16.0. The fourth-order valence-electron chi connectivity index (χ4n) is 7.06. The Kier molecular flexibility index (Phi) is 9.52. The summed E-state index contributed by atoms with van der Waals surface area (Å²) in [5.74, 6) is -0.626. The molecule has 2 saturated carbocycles. The van der Waals surface area contributed by atoms with Crippen LogP contribution in [0.5, 0.6) is 0 Å². The lowest BCUT2D eigenvalue weighted by Gasteiger charge is -2.42. The van der Waals surface area contributed by atoms with Crippen molar-refractivity contribution in [3.8, 4) is 0 Å². The molecular weight excluding hydrogens is 576 g/mol. The van der Waals surface area contributed by atoms with Crippen LogP contribution in [0, 0.1) is 17.3 Å². The molecule has 2 aliphatic carbocycles. The molecule has 1 aromatic heterocycles. The van der Waals surface area contributed by atoms with E-state index in [4.69, 9.17) is 4.74 Å². The number of likely N-dealkylation sites (tertiary alicyclic amines) is 1. The average molecular weight is 623 g/mol. The number of nitrogens with one attached hydrogen (secondary N) is 3. The number of nitrogens with zero attached hydrogens (tertiary/aromatic N) is 3. The summed E-state index contributed by atoms with van der Waals surface area (Å²) >= 11 is 0. The summed E-state index contributed by atoms with van der Waals surface area (Å²) in [6.45, 7) is 4.29. The lowest BCUT2D eigenvalue weighted by atomic mass is 9.66. The van der Waals surface area contributed by atoms with Crippen LogP contribution in [0.1, 0.15) is 74.8 Å². The van der Waals surface area contributed by atoms with E-state index < -0.39 is 23.6 Å². The van der Waals surface area contributed by atoms with E-state index in [1.54, 1.807) is 37.5 Å². The Morgan fingerprint density at radius 3 is 2.47 bits per heavy atom. The highest BCUT2D eigenvalue weighted by atomic mass is 16.5. The molecular formula is C33H46N6O6. The number of carbonyl (C=O) groups excluding carboxylic acids is 4. The number of aryl methyl sites for hydroxylation is 1. The van der Waals surface area contributed by atoms with Gasteiger partial charge in [-0.1, -0.05) is 45.2 Å². The fourth-order valence-corrected chi connectivity index (χ4v) is 7.06. The van der Waals surface area contributed by atoms with Crippen LogP contribution < -0.4 is 16.0 Å². The summed E-state index contributed by atoms with van der Waals surface area (Å²) in [6.07, 6.45) is 7.12. The van der Waals surface area contributed by atoms with E-state index in [-0.39, 0.29) is 42.2 Å². The van der Waals surface area contributed by atoms with Crippen LogP contribution in [0.4, 0.5) is 10.5 Å². The molecule has 12 nitrogen and oxygen atoms in total. The molecule has 4 amide bonds. The number of hydrogen-bond acceptors (Lipinski definition) is 7. The van der Waals surface area contributed by atoms with Crippen molar-refractivity contribution >= 4 is 29.5 Å². The summed E-state index contributed by atoms with van der Waals surface area (Å²) in [4.78, 5) is 55.4. The summed E-state index contributed by atoms with van der Waals surface area (Å²) in [5.41, 5.74) is 0.364. The first-order chi connectivity index (χ1) is 21.5. The second-order valence-corrected chi connectivity index (χ2v) is 13.2. The number of methoxy groups -OCH3 is 1. The molecule has 4 N–H and O–H groups in total. The lowest BCUT2D eigenvalue weighted by molar-refractivity contribution is -0.127. The van der Waals surface area contributed by atoms with E-state index in [1.807, 2.05) is 13.0 Å². The molecule has 0 spiro atoms. The van der Waals surface area contributed by atoms with Gasteiger partial charge in [-0.25, -0.2) is 4.79 Å². The van der Waals surface area contributed by atoms with Crippen molar-refractivity contribution in [3.63, 3.8) is 0 Å². The van der Waals surface area contributed by atoms with Crippen LogP contribution in [0.15, 0.2) is 36.5 Å². The second kappa shape index (κ2) is 13.2. The number of benzene rings is 1. The van der Waals surface area contributed by atoms with Gasteiger partial charge >= 0.3 is 6.09 Å². The van der Waals surface area contributed by atoms with Gasteiger partial charge in [0, 0.05) is 32.0 Å². The molecule has 244 valence electrons. The Morgan fingerprint density at radius 2 is 1.89 bits per heavy atom. The molecule has 0 radical (unpaired) electrons. The second-order valence-electron chi connectivity index (χ2n) is 13.2. The number of amides is 4. The van der Waals surface area contributed by atoms with Gasteiger partial charge in [0.05, 0.1) is 25.2 Å². The summed E-state index contributed by atoms with van der Waals surface area (Å²) in [5, 5.41) is 23.0. The Morgan fingerprint density at radius 1 is 1.13 bits per heavy atom. The minimum Gasteiger partial charge on any atom is -0.453 e. The number of carbonyl (C=O) groups is 4. The minimum absolute atomic E-state index is 0.0170. The van der Waals surface area contributed by atoms with Gasteiger partial charge in [0.25, 0.3) is 5.91 Å². The van der Waals surface area contributed by atoms with E-state index in [1.165, 1.54) is 16.7 Å². The SMILES string of the molecule is CC[C@@H](CO)NC(=O)C1(c2cccc(NC(=O)[C@@H](NC(=O)c3ccnn3C)C(C3CCC3)C3(C)CC3)c2)CCN(C(=O)OC)C1. The van der Waals surface area contributed by atoms with Gasteiger partial charge in [-0.05, 0) is 66.7 Å². The Labute approximate surface area is 264 Å². The van der Waals surface area contributed by atoms with Crippen LogP contribution in [-0.2, 0) is 26.8 Å². The normalized spacial score (nSPS) is 22.5. The number of hydrogen-bond donors (Lipinski definition) is 4. The van der Waals surface area contributed by atoms with E-state index in [2.05, 4.69) is 28.0 Å². The molecule has 5 rings (SSSR count). The molecule has 2 heterocycles. The van der Waals surface area contributed by atoms with Gasteiger partial charge in [-0.3, -0.25) is 19.1 Å². The van der Waals surface area contributed by atoms with E-state index in [0.29, 0.717) is 42.2 Å². The van der Waals surface area contributed by atoms with E-state index >= 15 is 0 Å². The Bertz CT molecular complexity index is 1410. The van der Waals surface area contributed by atoms with Crippen LogP contribution in [0.3, 0.4) is 0 Å². The third-order valence-electron chi connectivity index (χ3n) is 10.4. The first-order valence-electron chi connectivity index (χ1n) is 16.0. The maximum absolute atomic E-state index is 14.2. The number of aliphatic hydroxyl groups excluding tert-OH is 1. The van der Waals surface area contributed by atoms with Gasteiger partial charge in [-0.15, -0.1) is 0 Å². The molecule has 2 unspecified atom stereocenters. The third kappa shape index (κ3) is 6.56. The number of rotatable bonds is 12. The predicted octanol–water partition coefficient (Wildman–Crippen LogP) is 2.97. The van der Waals surface area contributed by atoms with Crippen molar-refractivity contribution in [2.45, 2.75) is 76.3 Å². The van der Waals surface area contributed by atoms with Crippen molar-refractivity contribution in [2.75, 3.05) is 32.1 Å². The molecule has 1 aliphatic heterocycles. The zero-order valence-electron chi connectivity index (χ0n) is 26.7. The molecule has 45 heavy (non-hydrogen) atoms. The number of aliphatic hydroxyl groups is 1. The topological polar surface area (TPSA) is 155 Å². The molecule has 3 aliphatic rings. The monoisotopic (exact) mass is 622 g/mol. The van der Waals surface area contributed by atoms with E-state index in [0.717, 1.165) is 32.1 Å². The van der Waals surface area contributed by atoms with Crippen molar-refractivity contribution in [3.05, 3.63) is 47.8 Å². The molecule has 1 aromatic carbocycles. The van der Waals surface area contributed by atoms with Gasteiger partial charge in [0.2, 0.25) is 11.8 Å². The highest BCUT2D eigenvalue weighted by molar-refractivity contribution is 6.01. The van der Waals surface area contributed by atoms with Gasteiger partial charge in [0.15, 0.2) is 0 Å². The standard InChI is InChI=1S/C33H46N6O6/c1-5-23(19-40)36-30(43)33(15-17-39(20-33)31(44)45-4)22-10-7-11-24(18-22)35-29(42)27(37-28(41)25-12-16-34-38(25)3)26(21-8-6-9-21)32(2)13-14-32/h7,10-12,16,18,21,23,26-27,40H,5-6,8-9,13-15,17,19-20H2,1-4H3,(H,35,42)(H,36,43)(H,37,41)/t23-,26?,27-,33?/m0/s1. The number of anilines is 1. The van der Waals surface area contributed by atoms with Crippen LogP contribution in [0.25, 0.3) is 0 Å². The molecule has 12 heteroatoms. The van der Waals surface area contributed by atoms with Crippen LogP contribution in [-0.4, -0.2) is 82.5 Å². The smallest absolute Gasteiger partial charge is 0.409 e. The average Bonchev–Trinajstić information content (AvgIpc) is 3.38. The summed E-state index contributed by atoms with van der Waals surface area (Å²) in [7, 11) is 3.00. The molecule has 3 fully saturated rings. The Balaban J connectivity index is 1.44. The number of ether oxygens (including phenoxy) is 1. The zero-order valence-corrected chi connectivity index (χ0v) is 26.7. The zero-order chi connectivity index (χ0) is 32.4. The quantitative estimate of drug-likeness (QED) is 0.284. The van der Waals surface area contributed by atoms with Gasteiger partial charge in [0.1, 0.15) is 11.7 Å². The maximum Gasteiger partial charge on any atom is 0.409 e. The third-order valence-corrected chi connectivity index (χ3v) is 10.4. The van der Waals surface area contributed by atoms with Gasteiger partial charge in [-0.2, -0.15) is 5.10 Å². The molecule has 0 bridgehead atoms. The highest BCUT2D eigenvalue weighted by Gasteiger charge is 2.54. The van der Waals surface area contributed by atoms with Crippen molar-refractivity contribution in [2.24, 2.45) is 24.3 Å². The number of aromatic nitrogens is 2. The van der Waals surface area contributed by atoms with Crippen LogP contribution >= 0.6 is 0 Å². The molecule has 1 saturated heterocycles. The summed E-state index contributed by atoms with van der Waals surface area (Å²) in [6, 6.07) is 7.57. The molecule has 2 aromatic rings.